The Morgan fingerprint density at radius 2 is 1.75 bits per heavy atom. The molecule has 0 radical (unpaired) electrons. The predicted octanol–water partition coefficient (Wildman–Crippen LogP) is 0.830. The molecule has 3 aliphatic heterocycles. The van der Waals surface area contributed by atoms with Gasteiger partial charge in [0.25, 0.3) is 0 Å². The van der Waals surface area contributed by atoms with Gasteiger partial charge in [0.1, 0.15) is 0 Å². The van der Waals surface area contributed by atoms with Crippen LogP contribution in [0.25, 0.3) is 10.9 Å². The summed E-state index contributed by atoms with van der Waals surface area (Å²) >= 11 is 0. The molecule has 0 saturated carbocycles. The second-order valence-corrected chi connectivity index (χ2v) is 9.78. The van der Waals surface area contributed by atoms with Crippen molar-refractivity contribution in [2.24, 2.45) is 5.41 Å². The van der Waals surface area contributed by atoms with Crippen LogP contribution in [0.3, 0.4) is 0 Å². The molecule has 11 nitrogen and oxygen atoms in total. The number of aliphatic carboxylic acids is 2. The Bertz CT molecular complexity index is 1180. The number of fused-ring (bicyclic) bond motifs is 3. The number of para-hydroxylation sites is 1. The van der Waals surface area contributed by atoms with Crippen LogP contribution in [-0.4, -0.2) is 85.3 Å². The van der Waals surface area contributed by atoms with E-state index in [2.05, 4.69) is 17.9 Å². The first-order chi connectivity index (χ1) is 17.0. The third kappa shape index (κ3) is 3.86. The van der Waals surface area contributed by atoms with Gasteiger partial charge in [-0.2, -0.15) is 0 Å². The molecular formula is C25H32N2O9. The van der Waals surface area contributed by atoms with E-state index in [9.17, 15) is 19.5 Å². The molecule has 11 heteroatoms. The van der Waals surface area contributed by atoms with E-state index in [1.807, 2.05) is 22.8 Å². The number of carbonyl (C=O) groups excluding carboxylic acids is 1. The highest BCUT2D eigenvalue weighted by Crippen LogP contribution is 2.60. The fourth-order valence-corrected chi connectivity index (χ4v) is 6.37. The van der Waals surface area contributed by atoms with E-state index in [0.717, 1.165) is 50.0 Å². The van der Waals surface area contributed by atoms with Crippen molar-refractivity contribution >= 4 is 28.8 Å². The van der Waals surface area contributed by atoms with E-state index >= 15 is 0 Å². The monoisotopic (exact) mass is 504 g/mol. The SMILES string of the molecule is CC[C@]12CCCN3CCc4c(n(c5ccccc45)[C@@](O)(C(=O)OC)C1)[C@@H]32.O=C(O)[C@H](O)[C@@H](O)C(=O)O. The standard InChI is InChI=1S/C21H26N2O3.C4H6O6/c1-3-20-10-6-11-22-12-9-15-14-7-4-5-8-16(14)23(17(15)18(20)22)21(25,13-20)19(24)26-2;5-1(3(7)8)2(6)4(9)10/h4-5,7-8,18,25H,3,6,9-13H2,1-2H3;1-2,5-6H,(H,7,8)(H,9,10)/t18-,20+,21+;1-,2-/m11/s1. The molecule has 2 aromatic rings. The lowest BCUT2D eigenvalue weighted by Gasteiger charge is -2.57. The fourth-order valence-electron chi connectivity index (χ4n) is 6.37. The summed E-state index contributed by atoms with van der Waals surface area (Å²) in [4.78, 5) is 35.0. The van der Waals surface area contributed by atoms with Gasteiger partial charge in [-0.05, 0) is 49.3 Å². The van der Waals surface area contributed by atoms with Gasteiger partial charge in [0.05, 0.1) is 18.7 Å². The number of carboxylic acids is 2. The maximum absolute atomic E-state index is 12.8. The van der Waals surface area contributed by atoms with Crippen LogP contribution in [0, 0.1) is 5.41 Å². The second-order valence-electron chi connectivity index (χ2n) is 9.78. The van der Waals surface area contributed by atoms with Gasteiger partial charge in [0.15, 0.2) is 12.2 Å². The van der Waals surface area contributed by atoms with Crippen molar-refractivity contribution in [3.05, 3.63) is 35.5 Å². The minimum Gasteiger partial charge on any atom is -0.479 e. The molecule has 0 unspecified atom stereocenters. The van der Waals surface area contributed by atoms with E-state index in [-0.39, 0.29) is 11.5 Å². The fraction of sp³-hybridized carbons (Fsp3) is 0.560. The summed E-state index contributed by atoms with van der Waals surface area (Å²) in [5.74, 6) is -4.08. The molecule has 4 heterocycles. The molecular weight excluding hydrogens is 472 g/mol. The van der Waals surface area contributed by atoms with Crippen LogP contribution in [0.1, 0.15) is 49.9 Å². The number of carbonyl (C=O) groups is 3. The molecule has 36 heavy (non-hydrogen) atoms. The van der Waals surface area contributed by atoms with E-state index in [1.165, 1.54) is 18.1 Å². The van der Waals surface area contributed by atoms with Crippen molar-refractivity contribution in [3.8, 4) is 0 Å². The lowest BCUT2D eigenvalue weighted by molar-refractivity contribution is -0.194. The zero-order chi connectivity index (χ0) is 26.4. The van der Waals surface area contributed by atoms with Crippen molar-refractivity contribution in [2.45, 2.75) is 63.0 Å². The normalized spacial score (nSPS) is 28.3. The van der Waals surface area contributed by atoms with Crippen LogP contribution < -0.4 is 0 Å². The maximum Gasteiger partial charge on any atom is 0.359 e. The summed E-state index contributed by atoms with van der Waals surface area (Å²) < 4.78 is 7.01. The van der Waals surface area contributed by atoms with E-state index in [4.69, 9.17) is 25.2 Å². The first kappa shape index (κ1) is 26.1. The molecule has 5 N–H and O–H groups in total. The Balaban J connectivity index is 0.000000261. The van der Waals surface area contributed by atoms with Gasteiger partial charge in [-0.1, -0.05) is 25.1 Å². The molecule has 5 atom stereocenters. The molecule has 1 aromatic heterocycles. The molecule has 1 fully saturated rings. The van der Waals surface area contributed by atoms with Crippen LogP contribution in [0.5, 0.6) is 0 Å². The predicted molar refractivity (Wildman–Crippen MR) is 126 cm³/mol. The summed E-state index contributed by atoms with van der Waals surface area (Å²) in [7, 11) is 1.37. The summed E-state index contributed by atoms with van der Waals surface area (Å²) in [6.45, 7) is 4.36. The number of aliphatic hydroxyl groups is 3. The number of benzene rings is 1. The number of methoxy groups -OCH3 is 1. The molecule has 0 spiro atoms. The minimum absolute atomic E-state index is 0.0826. The summed E-state index contributed by atoms with van der Waals surface area (Å²) in [6, 6.07) is 8.45. The molecule has 196 valence electrons. The average Bonchev–Trinajstić information content (AvgIpc) is 3.22. The highest BCUT2D eigenvalue weighted by Gasteiger charge is 2.60. The second kappa shape index (κ2) is 9.47. The number of rotatable bonds is 5. The largest absolute Gasteiger partial charge is 0.479 e. The lowest BCUT2D eigenvalue weighted by Crippen LogP contribution is -2.60. The summed E-state index contributed by atoms with van der Waals surface area (Å²) in [5.41, 5.74) is 1.69. The van der Waals surface area contributed by atoms with Crippen LogP contribution in [-0.2, 0) is 31.3 Å². The summed E-state index contributed by atoms with van der Waals surface area (Å²) in [5, 5.41) is 45.4. The molecule has 0 amide bonds. The van der Waals surface area contributed by atoms with E-state index < -0.39 is 35.8 Å². The number of esters is 1. The van der Waals surface area contributed by atoms with Gasteiger partial charge in [-0.3, -0.25) is 4.90 Å². The molecule has 1 saturated heterocycles. The quantitative estimate of drug-likeness (QED) is 0.368. The first-order valence-corrected chi connectivity index (χ1v) is 12.0. The number of carboxylic acid groups (broad SMARTS) is 2. The highest BCUT2D eigenvalue weighted by molar-refractivity contribution is 5.90. The van der Waals surface area contributed by atoms with Crippen LogP contribution in [0.15, 0.2) is 24.3 Å². The molecule has 3 aliphatic rings. The zero-order valence-electron chi connectivity index (χ0n) is 20.3. The van der Waals surface area contributed by atoms with Crippen LogP contribution in [0.2, 0.25) is 0 Å². The van der Waals surface area contributed by atoms with Crippen LogP contribution in [0.4, 0.5) is 0 Å². The number of piperidine rings is 1. The summed E-state index contributed by atoms with van der Waals surface area (Å²) in [6.07, 6.45) is -0.0162. The van der Waals surface area contributed by atoms with Crippen molar-refractivity contribution < 1.29 is 44.7 Å². The number of hydrogen-bond donors (Lipinski definition) is 5. The van der Waals surface area contributed by atoms with Gasteiger partial charge in [-0.15, -0.1) is 0 Å². The number of ether oxygens (including phenoxy) is 1. The maximum atomic E-state index is 12.8. The number of aromatic nitrogens is 1. The molecule has 0 aliphatic carbocycles. The Morgan fingerprint density at radius 3 is 2.33 bits per heavy atom. The number of nitrogens with zero attached hydrogens (tertiary/aromatic N) is 2. The third-order valence-electron chi connectivity index (χ3n) is 7.98. The molecule has 5 rings (SSSR count). The number of aliphatic hydroxyl groups excluding tert-OH is 2. The first-order valence-electron chi connectivity index (χ1n) is 12.0. The van der Waals surface area contributed by atoms with Gasteiger partial charge < -0.3 is 34.8 Å². The Kier molecular flexibility index (Phi) is 6.86. The van der Waals surface area contributed by atoms with E-state index in [0.29, 0.717) is 6.42 Å². The van der Waals surface area contributed by atoms with Gasteiger partial charge in [-0.25, -0.2) is 14.4 Å². The zero-order valence-corrected chi connectivity index (χ0v) is 20.3. The van der Waals surface area contributed by atoms with Crippen molar-refractivity contribution in [3.63, 3.8) is 0 Å². The lowest BCUT2D eigenvalue weighted by atomic mass is 9.62. The smallest absolute Gasteiger partial charge is 0.359 e. The minimum atomic E-state index is -2.27. The van der Waals surface area contributed by atoms with Gasteiger partial charge >= 0.3 is 17.9 Å². The van der Waals surface area contributed by atoms with Crippen molar-refractivity contribution in [2.75, 3.05) is 20.2 Å². The van der Waals surface area contributed by atoms with Gasteiger partial charge in [0, 0.05) is 24.0 Å². The Labute approximate surface area is 207 Å². The molecule has 1 aromatic carbocycles. The van der Waals surface area contributed by atoms with Crippen molar-refractivity contribution in [1.82, 2.24) is 9.47 Å². The Hall–Kier alpha value is -2.99. The number of hydrogen-bond acceptors (Lipinski definition) is 8. The highest BCUT2D eigenvalue weighted by atomic mass is 16.5. The van der Waals surface area contributed by atoms with Crippen molar-refractivity contribution in [1.29, 1.82) is 0 Å². The Morgan fingerprint density at radius 1 is 1.11 bits per heavy atom. The van der Waals surface area contributed by atoms with Crippen LogP contribution >= 0.6 is 0 Å². The molecule has 0 bridgehead atoms. The van der Waals surface area contributed by atoms with E-state index in [1.54, 1.807) is 0 Å². The third-order valence-corrected chi connectivity index (χ3v) is 7.98. The topological polar surface area (TPSA) is 170 Å². The van der Waals surface area contributed by atoms with Gasteiger partial charge in [0.2, 0.25) is 5.72 Å². The average molecular weight is 505 g/mol.